The van der Waals surface area contributed by atoms with Crippen LogP contribution in [0.15, 0.2) is 30.3 Å². The number of hydrogen-bond donors (Lipinski definition) is 2. The fraction of sp³-hybridized carbons (Fsp3) is 0.421. The zero-order valence-corrected chi connectivity index (χ0v) is 15.8. The van der Waals surface area contributed by atoms with E-state index in [1.165, 1.54) is 25.0 Å². The van der Waals surface area contributed by atoms with Gasteiger partial charge in [-0.2, -0.15) is 4.98 Å². The Kier molecular flexibility index (Phi) is 6.33. The summed E-state index contributed by atoms with van der Waals surface area (Å²) in [6, 6.07) is 8.61. The highest BCUT2D eigenvalue weighted by atomic mass is 32.1. The van der Waals surface area contributed by atoms with E-state index in [2.05, 4.69) is 25.5 Å². The molecule has 5 nitrogen and oxygen atoms in total. The van der Waals surface area contributed by atoms with E-state index in [0.717, 1.165) is 49.6 Å². The van der Waals surface area contributed by atoms with Gasteiger partial charge in [-0.05, 0) is 62.5 Å². The average molecular weight is 374 g/mol. The minimum Gasteiger partial charge on any atom is -0.362 e. The van der Waals surface area contributed by atoms with Gasteiger partial charge in [-0.3, -0.25) is 0 Å². The van der Waals surface area contributed by atoms with Gasteiger partial charge in [-0.25, -0.2) is 9.37 Å². The molecule has 1 fully saturated rings. The number of anilines is 2. The molecule has 0 amide bonds. The molecule has 138 valence electrons. The lowest BCUT2D eigenvalue weighted by Crippen LogP contribution is -2.30. The first-order chi connectivity index (χ1) is 12.6. The molecule has 1 aromatic carbocycles. The van der Waals surface area contributed by atoms with Crippen LogP contribution in [0.2, 0.25) is 0 Å². The zero-order valence-electron chi connectivity index (χ0n) is 15.0. The van der Waals surface area contributed by atoms with Crippen molar-refractivity contribution in [3.63, 3.8) is 0 Å². The Morgan fingerprint density at radius 2 is 1.92 bits per heavy atom. The van der Waals surface area contributed by atoms with Crippen molar-refractivity contribution >= 4 is 29.1 Å². The summed E-state index contributed by atoms with van der Waals surface area (Å²) in [6.45, 7) is 4.78. The Morgan fingerprint density at radius 1 is 1.19 bits per heavy atom. The zero-order chi connectivity index (χ0) is 18.4. The number of hydrogen-bond acceptors (Lipinski definition) is 4. The van der Waals surface area contributed by atoms with Crippen molar-refractivity contribution in [1.82, 2.24) is 15.3 Å². The quantitative estimate of drug-likeness (QED) is 0.598. The highest BCUT2D eigenvalue weighted by Gasteiger charge is 2.15. The van der Waals surface area contributed by atoms with Crippen LogP contribution in [-0.2, 0) is 6.42 Å². The van der Waals surface area contributed by atoms with E-state index in [4.69, 9.17) is 12.2 Å². The van der Waals surface area contributed by atoms with Crippen LogP contribution < -0.4 is 15.5 Å². The maximum Gasteiger partial charge on any atom is 0.231 e. The van der Waals surface area contributed by atoms with Gasteiger partial charge in [0.1, 0.15) is 11.6 Å². The second-order valence-corrected chi connectivity index (χ2v) is 6.90. The summed E-state index contributed by atoms with van der Waals surface area (Å²) in [7, 11) is 0. The monoisotopic (exact) mass is 373 g/mol. The smallest absolute Gasteiger partial charge is 0.231 e. The van der Waals surface area contributed by atoms with Gasteiger partial charge in [-0.1, -0.05) is 12.1 Å². The minimum absolute atomic E-state index is 0.205. The van der Waals surface area contributed by atoms with E-state index >= 15 is 0 Å². The third-order valence-electron chi connectivity index (χ3n) is 4.34. The van der Waals surface area contributed by atoms with Crippen molar-refractivity contribution in [1.29, 1.82) is 0 Å². The van der Waals surface area contributed by atoms with E-state index in [1.54, 1.807) is 0 Å². The number of aromatic nitrogens is 2. The molecule has 0 atom stereocenters. The second kappa shape index (κ2) is 8.89. The van der Waals surface area contributed by atoms with Gasteiger partial charge in [0, 0.05) is 31.4 Å². The third kappa shape index (κ3) is 5.36. The summed E-state index contributed by atoms with van der Waals surface area (Å²) in [5.74, 6) is 1.28. The first kappa shape index (κ1) is 18.5. The molecule has 0 saturated carbocycles. The Bertz CT molecular complexity index is 744. The van der Waals surface area contributed by atoms with Gasteiger partial charge in [-0.15, -0.1) is 0 Å². The fourth-order valence-electron chi connectivity index (χ4n) is 3.01. The summed E-state index contributed by atoms with van der Waals surface area (Å²) in [6.07, 6.45) is 4.19. The molecular weight excluding hydrogens is 349 g/mol. The molecule has 2 N–H and O–H groups in total. The highest BCUT2D eigenvalue weighted by molar-refractivity contribution is 7.80. The standard InChI is InChI=1S/C19H24FN5S/c1-14-13-17(25-11-2-3-12-25)23-18(22-14)24-19(26)21-10-4-5-15-6-8-16(20)9-7-15/h6-9,13H,2-5,10-12H2,1H3,(H2,21,22,23,24,26). The molecule has 0 spiro atoms. The van der Waals surface area contributed by atoms with E-state index in [9.17, 15) is 4.39 Å². The van der Waals surface area contributed by atoms with Crippen molar-refractivity contribution < 1.29 is 4.39 Å². The minimum atomic E-state index is -0.205. The summed E-state index contributed by atoms with van der Waals surface area (Å²) in [5.41, 5.74) is 2.04. The van der Waals surface area contributed by atoms with E-state index < -0.39 is 0 Å². The lowest BCUT2D eigenvalue weighted by Gasteiger charge is -2.18. The van der Waals surface area contributed by atoms with Crippen LogP contribution in [0.5, 0.6) is 0 Å². The average Bonchev–Trinajstić information content (AvgIpc) is 3.14. The lowest BCUT2D eigenvalue weighted by atomic mass is 10.1. The van der Waals surface area contributed by atoms with Crippen LogP contribution in [0.1, 0.15) is 30.5 Å². The Hall–Kier alpha value is -2.28. The molecule has 7 heteroatoms. The molecule has 0 radical (unpaired) electrons. The van der Waals surface area contributed by atoms with Gasteiger partial charge >= 0.3 is 0 Å². The normalized spacial score (nSPS) is 13.7. The molecule has 1 aromatic heterocycles. The third-order valence-corrected chi connectivity index (χ3v) is 4.58. The number of aryl methyl sites for hydroxylation is 2. The fourth-order valence-corrected chi connectivity index (χ4v) is 3.20. The number of benzene rings is 1. The van der Waals surface area contributed by atoms with Gasteiger partial charge in [0.25, 0.3) is 0 Å². The molecule has 1 aliphatic heterocycles. The molecular formula is C19H24FN5S. The van der Waals surface area contributed by atoms with Crippen LogP contribution in [-0.4, -0.2) is 34.7 Å². The number of rotatable bonds is 6. The van der Waals surface area contributed by atoms with Crippen LogP contribution in [0.25, 0.3) is 0 Å². The lowest BCUT2D eigenvalue weighted by molar-refractivity contribution is 0.626. The predicted molar refractivity (Wildman–Crippen MR) is 107 cm³/mol. The highest BCUT2D eigenvalue weighted by Crippen LogP contribution is 2.19. The number of halogens is 1. The van der Waals surface area contributed by atoms with Crippen LogP contribution in [0, 0.1) is 12.7 Å². The molecule has 2 aromatic rings. The Labute approximate surface area is 159 Å². The first-order valence-corrected chi connectivity index (χ1v) is 9.41. The molecule has 2 heterocycles. The largest absolute Gasteiger partial charge is 0.362 e. The molecule has 26 heavy (non-hydrogen) atoms. The molecule has 0 aliphatic carbocycles. The predicted octanol–water partition coefficient (Wildman–Crippen LogP) is 3.44. The van der Waals surface area contributed by atoms with E-state index in [-0.39, 0.29) is 5.82 Å². The van der Waals surface area contributed by atoms with Crippen LogP contribution >= 0.6 is 12.2 Å². The number of nitrogens with zero attached hydrogens (tertiary/aromatic N) is 3. The van der Waals surface area contributed by atoms with E-state index in [1.807, 2.05) is 25.1 Å². The second-order valence-electron chi connectivity index (χ2n) is 6.50. The Morgan fingerprint density at radius 3 is 2.65 bits per heavy atom. The molecule has 0 bridgehead atoms. The summed E-state index contributed by atoms with van der Waals surface area (Å²) >= 11 is 5.34. The van der Waals surface area contributed by atoms with Crippen molar-refractivity contribution in [2.75, 3.05) is 29.9 Å². The number of thiocarbonyl (C=S) groups is 1. The van der Waals surface area contributed by atoms with Crippen LogP contribution in [0.4, 0.5) is 16.2 Å². The maximum absolute atomic E-state index is 12.9. The van der Waals surface area contributed by atoms with Crippen molar-refractivity contribution in [2.45, 2.75) is 32.6 Å². The van der Waals surface area contributed by atoms with Crippen molar-refractivity contribution in [2.24, 2.45) is 0 Å². The molecule has 0 unspecified atom stereocenters. The van der Waals surface area contributed by atoms with Crippen LogP contribution in [0.3, 0.4) is 0 Å². The Balaban J connectivity index is 1.46. The van der Waals surface area contributed by atoms with Gasteiger partial charge in [0.2, 0.25) is 5.95 Å². The van der Waals surface area contributed by atoms with Crippen molar-refractivity contribution in [3.05, 3.63) is 47.4 Å². The molecule has 3 rings (SSSR count). The number of nitrogens with one attached hydrogen (secondary N) is 2. The molecule has 1 saturated heterocycles. The summed E-state index contributed by atoms with van der Waals surface area (Å²) in [4.78, 5) is 11.3. The first-order valence-electron chi connectivity index (χ1n) is 9.00. The van der Waals surface area contributed by atoms with Gasteiger partial charge in [0.15, 0.2) is 5.11 Å². The molecule has 1 aliphatic rings. The summed E-state index contributed by atoms with van der Waals surface area (Å²) in [5, 5.41) is 6.76. The van der Waals surface area contributed by atoms with Gasteiger partial charge in [0.05, 0.1) is 0 Å². The maximum atomic E-state index is 12.9. The van der Waals surface area contributed by atoms with Gasteiger partial charge < -0.3 is 15.5 Å². The van der Waals surface area contributed by atoms with Crippen molar-refractivity contribution in [3.8, 4) is 0 Å². The van der Waals surface area contributed by atoms with E-state index in [0.29, 0.717) is 11.1 Å². The SMILES string of the molecule is Cc1cc(N2CCCC2)nc(NC(=S)NCCCc2ccc(F)cc2)n1. The topological polar surface area (TPSA) is 53.1 Å². The summed E-state index contributed by atoms with van der Waals surface area (Å²) < 4.78 is 12.9.